The lowest BCUT2D eigenvalue weighted by atomic mass is 10.3. The molecule has 112 valence electrons. The van der Waals surface area contributed by atoms with Crippen LogP contribution in [0.4, 0.5) is 16.2 Å². The molecule has 0 saturated heterocycles. The summed E-state index contributed by atoms with van der Waals surface area (Å²) in [7, 11) is 1.62. The first kappa shape index (κ1) is 15.6. The van der Waals surface area contributed by atoms with Gasteiger partial charge in [0.05, 0.1) is 35.1 Å². The molecule has 1 aromatic heterocycles. The van der Waals surface area contributed by atoms with E-state index in [2.05, 4.69) is 15.7 Å². The van der Waals surface area contributed by atoms with Crippen LogP contribution in [-0.2, 0) is 11.3 Å². The minimum Gasteiger partial charge on any atom is -0.383 e. The molecule has 0 saturated carbocycles. The topological polar surface area (TPSA) is 68.2 Å². The summed E-state index contributed by atoms with van der Waals surface area (Å²) in [6.07, 6.45) is 3.28. The molecule has 8 heteroatoms. The summed E-state index contributed by atoms with van der Waals surface area (Å²) in [6.45, 7) is 1.17. The summed E-state index contributed by atoms with van der Waals surface area (Å²) >= 11 is 11.7. The van der Waals surface area contributed by atoms with Gasteiger partial charge in [-0.1, -0.05) is 23.2 Å². The van der Waals surface area contributed by atoms with Crippen molar-refractivity contribution in [2.75, 3.05) is 24.4 Å². The summed E-state index contributed by atoms with van der Waals surface area (Å²) in [5.41, 5.74) is 1.14. The van der Waals surface area contributed by atoms with E-state index in [0.29, 0.717) is 34.6 Å². The van der Waals surface area contributed by atoms with Crippen LogP contribution in [0.5, 0.6) is 0 Å². The second-order valence-electron chi connectivity index (χ2n) is 4.19. The number of hydrogen-bond acceptors (Lipinski definition) is 3. The first-order valence-electron chi connectivity index (χ1n) is 6.13. The van der Waals surface area contributed by atoms with Gasteiger partial charge in [0, 0.05) is 19.0 Å². The van der Waals surface area contributed by atoms with Crippen LogP contribution in [0, 0.1) is 0 Å². The Morgan fingerprint density at radius 1 is 1.29 bits per heavy atom. The lowest BCUT2D eigenvalue weighted by molar-refractivity contribution is 0.183. The molecule has 6 nitrogen and oxygen atoms in total. The van der Waals surface area contributed by atoms with Crippen molar-refractivity contribution in [3.8, 4) is 0 Å². The van der Waals surface area contributed by atoms with Crippen LogP contribution in [0.15, 0.2) is 30.6 Å². The number of nitrogens with zero attached hydrogens (tertiary/aromatic N) is 2. The fourth-order valence-electron chi connectivity index (χ4n) is 1.60. The molecule has 2 rings (SSSR count). The Labute approximate surface area is 132 Å². The van der Waals surface area contributed by atoms with Crippen LogP contribution in [0.3, 0.4) is 0 Å². The second-order valence-corrected chi connectivity index (χ2v) is 5.01. The van der Waals surface area contributed by atoms with Crippen molar-refractivity contribution in [3.63, 3.8) is 0 Å². The Bertz CT molecular complexity index is 630. The van der Waals surface area contributed by atoms with Crippen molar-refractivity contribution in [1.29, 1.82) is 0 Å². The number of anilines is 2. The molecular weight excluding hydrogens is 315 g/mol. The highest BCUT2D eigenvalue weighted by molar-refractivity contribution is 6.42. The van der Waals surface area contributed by atoms with Crippen LogP contribution < -0.4 is 10.6 Å². The number of methoxy groups -OCH3 is 1. The largest absolute Gasteiger partial charge is 0.383 e. The third kappa shape index (κ3) is 4.63. The summed E-state index contributed by atoms with van der Waals surface area (Å²) < 4.78 is 6.63. The molecular formula is C13H14Cl2N4O2. The zero-order chi connectivity index (χ0) is 15.2. The van der Waals surface area contributed by atoms with Gasteiger partial charge in [-0.3, -0.25) is 4.68 Å². The molecule has 0 aliphatic rings. The molecule has 0 aliphatic carbocycles. The molecule has 1 aromatic carbocycles. The Morgan fingerprint density at radius 3 is 2.76 bits per heavy atom. The number of nitrogens with one attached hydrogen (secondary N) is 2. The molecule has 0 spiro atoms. The lowest BCUT2D eigenvalue weighted by Crippen LogP contribution is -2.19. The summed E-state index contributed by atoms with van der Waals surface area (Å²) in [6, 6.07) is 4.46. The molecule has 0 fully saturated rings. The number of carbonyl (C=O) groups is 1. The quantitative estimate of drug-likeness (QED) is 0.882. The van der Waals surface area contributed by atoms with Gasteiger partial charge in [-0.15, -0.1) is 0 Å². The molecule has 0 atom stereocenters. The number of benzene rings is 1. The van der Waals surface area contributed by atoms with Crippen molar-refractivity contribution < 1.29 is 9.53 Å². The third-order valence-electron chi connectivity index (χ3n) is 2.59. The third-order valence-corrected chi connectivity index (χ3v) is 3.33. The van der Waals surface area contributed by atoms with E-state index in [9.17, 15) is 4.79 Å². The fourth-order valence-corrected chi connectivity index (χ4v) is 1.90. The van der Waals surface area contributed by atoms with Crippen LogP contribution in [0.1, 0.15) is 0 Å². The lowest BCUT2D eigenvalue weighted by Gasteiger charge is -2.06. The molecule has 21 heavy (non-hydrogen) atoms. The number of halogens is 2. The number of rotatable bonds is 5. The Morgan fingerprint density at radius 2 is 2.05 bits per heavy atom. The van der Waals surface area contributed by atoms with E-state index >= 15 is 0 Å². The molecule has 2 amide bonds. The van der Waals surface area contributed by atoms with Crippen LogP contribution in [0.25, 0.3) is 0 Å². The van der Waals surface area contributed by atoms with Crippen molar-refractivity contribution in [1.82, 2.24) is 9.78 Å². The molecule has 1 heterocycles. The minimum absolute atomic E-state index is 0.377. The van der Waals surface area contributed by atoms with Crippen LogP contribution in [0.2, 0.25) is 10.0 Å². The fraction of sp³-hybridized carbons (Fsp3) is 0.231. The first-order chi connectivity index (χ1) is 10.1. The van der Waals surface area contributed by atoms with Crippen molar-refractivity contribution in [2.45, 2.75) is 6.54 Å². The number of ether oxygens (including phenoxy) is 1. The molecule has 0 aliphatic heterocycles. The summed E-state index contributed by atoms with van der Waals surface area (Å²) in [4.78, 5) is 11.8. The highest BCUT2D eigenvalue weighted by Gasteiger charge is 2.06. The minimum atomic E-state index is -0.389. The Hall–Kier alpha value is -1.76. The average Bonchev–Trinajstić information content (AvgIpc) is 2.88. The number of aromatic nitrogens is 2. The van der Waals surface area contributed by atoms with Crippen molar-refractivity contribution >= 4 is 40.6 Å². The van der Waals surface area contributed by atoms with Gasteiger partial charge in [-0.05, 0) is 18.2 Å². The van der Waals surface area contributed by atoms with E-state index in [0.717, 1.165) is 0 Å². The Balaban J connectivity index is 1.91. The van der Waals surface area contributed by atoms with Gasteiger partial charge in [0.15, 0.2) is 0 Å². The van der Waals surface area contributed by atoms with Gasteiger partial charge in [0.2, 0.25) is 0 Å². The SMILES string of the molecule is COCCn1cc(NC(=O)Nc2ccc(Cl)c(Cl)c2)cn1. The number of hydrogen-bond donors (Lipinski definition) is 2. The van der Waals surface area contributed by atoms with Gasteiger partial charge in [0.25, 0.3) is 0 Å². The molecule has 0 radical (unpaired) electrons. The summed E-state index contributed by atoms with van der Waals surface area (Å²) in [5, 5.41) is 10.2. The maximum atomic E-state index is 11.8. The van der Waals surface area contributed by atoms with E-state index in [4.69, 9.17) is 27.9 Å². The van der Waals surface area contributed by atoms with E-state index in [-0.39, 0.29) is 6.03 Å². The standard InChI is InChI=1S/C13H14Cl2N4O2/c1-21-5-4-19-8-10(7-16-19)18-13(20)17-9-2-3-11(14)12(15)6-9/h2-3,6-8H,4-5H2,1H3,(H2,17,18,20). The smallest absolute Gasteiger partial charge is 0.323 e. The van der Waals surface area contributed by atoms with E-state index in [1.54, 1.807) is 42.4 Å². The van der Waals surface area contributed by atoms with Gasteiger partial charge in [-0.25, -0.2) is 4.79 Å². The van der Waals surface area contributed by atoms with Crippen molar-refractivity contribution in [3.05, 3.63) is 40.6 Å². The van der Waals surface area contributed by atoms with E-state index in [1.165, 1.54) is 0 Å². The van der Waals surface area contributed by atoms with E-state index < -0.39 is 0 Å². The highest BCUT2D eigenvalue weighted by atomic mass is 35.5. The van der Waals surface area contributed by atoms with Crippen LogP contribution >= 0.6 is 23.2 Å². The molecule has 0 bridgehead atoms. The van der Waals surface area contributed by atoms with Gasteiger partial charge in [0.1, 0.15) is 0 Å². The predicted octanol–water partition coefficient (Wildman–Crippen LogP) is 3.48. The molecule has 2 N–H and O–H groups in total. The highest BCUT2D eigenvalue weighted by Crippen LogP contribution is 2.25. The van der Waals surface area contributed by atoms with Gasteiger partial charge in [-0.2, -0.15) is 5.10 Å². The second kappa shape index (κ2) is 7.31. The van der Waals surface area contributed by atoms with E-state index in [1.807, 2.05) is 0 Å². The normalized spacial score (nSPS) is 10.4. The average molecular weight is 329 g/mol. The number of amides is 2. The monoisotopic (exact) mass is 328 g/mol. The van der Waals surface area contributed by atoms with Crippen molar-refractivity contribution in [2.24, 2.45) is 0 Å². The number of urea groups is 1. The molecule has 0 unspecified atom stereocenters. The maximum absolute atomic E-state index is 11.8. The Kier molecular flexibility index (Phi) is 5.44. The van der Waals surface area contributed by atoms with Gasteiger partial charge >= 0.3 is 6.03 Å². The molecule has 2 aromatic rings. The zero-order valence-electron chi connectivity index (χ0n) is 11.3. The summed E-state index contributed by atoms with van der Waals surface area (Å²) in [5.74, 6) is 0. The number of carbonyl (C=O) groups excluding carboxylic acids is 1. The van der Waals surface area contributed by atoms with Gasteiger partial charge < -0.3 is 15.4 Å². The van der Waals surface area contributed by atoms with Crippen LogP contribution in [-0.4, -0.2) is 29.5 Å². The maximum Gasteiger partial charge on any atom is 0.323 e. The predicted molar refractivity (Wildman–Crippen MR) is 83.2 cm³/mol. The zero-order valence-corrected chi connectivity index (χ0v) is 12.8. The first-order valence-corrected chi connectivity index (χ1v) is 6.88.